The third-order valence-corrected chi connectivity index (χ3v) is 4.58. The standard InChI is InChI=1S/C21H21N7O/c1-13-9-17(25-21(29)22-2)7-8-18(13)26-20-10-19(27-28-20)15-5-3-14(4-6-15)16-11-23-24-12-16/h3-12H,1-2H3,(H,23,24)(H2,22,25,29)(H2,26,27,28). The highest BCUT2D eigenvalue weighted by molar-refractivity contribution is 5.89. The second-order valence-corrected chi connectivity index (χ2v) is 6.59. The number of hydrogen-bond donors (Lipinski definition) is 5. The van der Waals surface area contributed by atoms with E-state index < -0.39 is 0 Å². The largest absolute Gasteiger partial charge is 0.341 e. The fourth-order valence-corrected chi connectivity index (χ4v) is 3.00. The first kappa shape index (κ1) is 18.3. The predicted octanol–water partition coefficient (Wildman–Crippen LogP) is 4.27. The van der Waals surface area contributed by atoms with Crippen LogP contribution in [0.15, 0.2) is 60.9 Å². The minimum absolute atomic E-state index is 0.249. The van der Waals surface area contributed by atoms with E-state index in [2.05, 4.69) is 48.5 Å². The molecule has 4 aromatic rings. The quantitative estimate of drug-likeness (QED) is 0.352. The van der Waals surface area contributed by atoms with E-state index in [1.807, 2.05) is 49.5 Å². The lowest BCUT2D eigenvalue weighted by atomic mass is 10.1. The predicted molar refractivity (Wildman–Crippen MR) is 114 cm³/mol. The number of rotatable bonds is 5. The highest BCUT2D eigenvalue weighted by atomic mass is 16.2. The van der Waals surface area contributed by atoms with Gasteiger partial charge in [0, 0.05) is 36.2 Å². The Morgan fingerprint density at radius 3 is 2.48 bits per heavy atom. The van der Waals surface area contributed by atoms with Crippen molar-refractivity contribution < 1.29 is 4.79 Å². The Morgan fingerprint density at radius 1 is 1.00 bits per heavy atom. The fourth-order valence-electron chi connectivity index (χ4n) is 3.00. The summed E-state index contributed by atoms with van der Waals surface area (Å²) in [6, 6.07) is 15.6. The molecule has 0 aliphatic carbocycles. The van der Waals surface area contributed by atoms with Crippen molar-refractivity contribution in [3.05, 3.63) is 66.5 Å². The Morgan fingerprint density at radius 2 is 1.79 bits per heavy atom. The Hall–Kier alpha value is -4.07. The van der Waals surface area contributed by atoms with Crippen molar-refractivity contribution in [1.82, 2.24) is 25.7 Å². The lowest BCUT2D eigenvalue weighted by Crippen LogP contribution is -2.24. The van der Waals surface area contributed by atoms with Gasteiger partial charge in [0.1, 0.15) is 0 Å². The number of hydrogen-bond acceptors (Lipinski definition) is 4. The maximum absolute atomic E-state index is 11.4. The average Bonchev–Trinajstić information content (AvgIpc) is 3.42. The van der Waals surface area contributed by atoms with Gasteiger partial charge in [-0.2, -0.15) is 10.2 Å². The second kappa shape index (κ2) is 7.89. The number of aryl methyl sites for hydroxylation is 1. The highest BCUT2D eigenvalue weighted by Crippen LogP contribution is 2.27. The molecule has 0 fully saturated rings. The van der Waals surface area contributed by atoms with Gasteiger partial charge in [-0.25, -0.2) is 4.79 Å². The van der Waals surface area contributed by atoms with Gasteiger partial charge in [-0.15, -0.1) is 0 Å². The Bertz CT molecular complexity index is 1110. The molecular weight excluding hydrogens is 366 g/mol. The van der Waals surface area contributed by atoms with Gasteiger partial charge in [-0.05, 0) is 41.8 Å². The molecule has 4 rings (SSSR count). The molecule has 0 saturated carbocycles. The van der Waals surface area contributed by atoms with Crippen LogP contribution < -0.4 is 16.0 Å². The molecule has 2 heterocycles. The monoisotopic (exact) mass is 387 g/mol. The molecule has 0 spiro atoms. The number of carbonyl (C=O) groups excluding carboxylic acids is 1. The number of anilines is 3. The SMILES string of the molecule is CNC(=O)Nc1ccc(Nc2cc(-c3ccc(-c4cn[nH]c4)cc3)[nH]n2)c(C)c1. The molecule has 0 atom stereocenters. The molecule has 29 heavy (non-hydrogen) atoms. The molecule has 2 amide bonds. The summed E-state index contributed by atoms with van der Waals surface area (Å²) in [4.78, 5) is 11.4. The van der Waals surface area contributed by atoms with Crippen molar-refractivity contribution >= 4 is 23.2 Å². The first-order chi connectivity index (χ1) is 14.1. The highest BCUT2D eigenvalue weighted by Gasteiger charge is 2.08. The Kier molecular flexibility index (Phi) is 4.98. The van der Waals surface area contributed by atoms with Gasteiger partial charge in [-0.3, -0.25) is 10.2 Å². The number of carbonyl (C=O) groups is 1. The van der Waals surface area contributed by atoms with E-state index in [1.165, 1.54) is 0 Å². The van der Waals surface area contributed by atoms with Crippen LogP contribution in [0.4, 0.5) is 22.0 Å². The molecule has 0 bridgehead atoms. The molecule has 0 unspecified atom stereocenters. The molecular formula is C21H21N7O. The first-order valence-electron chi connectivity index (χ1n) is 9.14. The molecule has 0 aliphatic heterocycles. The summed E-state index contributed by atoms with van der Waals surface area (Å²) in [5.74, 6) is 0.717. The Labute approximate surface area is 167 Å². The number of aromatic amines is 2. The van der Waals surface area contributed by atoms with Crippen molar-refractivity contribution in [3.63, 3.8) is 0 Å². The molecule has 2 aromatic carbocycles. The van der Waals surface area contributed by atoms with E-state index in [0.29, 0.717) is 5.82 Å². The minimum atomic E-state index is -0.249. The van der Waals surface area contributed by atoms with Crippen LogP contribution in [-0.2, 0) is 0 Å². The summed E-state index contributed by atoms with van der Waals surface area (Å²) in [5, 5.41) is 22.8. The van der Waals surface area contributed by atoms with Crippen molar-refractivity contribution in [1.29, 1.82) is 0 Å². The topological polar surface area (TPSA) is 111 Å². The summed E-state index contributed by atoms with van der Waals surface area (Å²) in [6.45, 7) is 1.97. The molecule has 0 saturated heterocycles. The van der Waals surface area contributed by atoms with Gasteiger partial charge in [0.25, 0.3) is 0 Å². The lowest BCUT2D eigenvalue weighted by Gasteiger charge is -2.10. The number of nitrogens with one attached hydrogen (secondary N) is 5. The van der Waals surface area contributed by atoms with Crippen LogP contribution >= 0.6 is 0 Å². The van der Waals surface area contributed by atoms with E-state index in [1.54, 1.807) is 13.2 Å². The van der Waals surface area contributed by atoms with E-state index in [-0.39, 0.29) is 6.03 Å². The third kappa shape index (κ3) is 4.11. The molecule has 5 N–H and O–H groups in total. The number of H-pyrrole nitrogens is 2. The zero-order valence-corrected chi connectivity index (χ0v) is 16.1. The van der Waals surface area contributed by atoms with E-state index in [4.69, 9.17) is 0 Å². The molecule has 2 aromatic heterocycles. The summed E-state index contributed by atoms with van der Waals surface area (Å²) in [5.41, 5.74) is 6.75. The minimum Gasteiger partial charge on any atom is -0.341 e. The normalized spacial score (nSPS) is 10.6. The third-order valence-electron chi connectivity index (χ3n) is 4.58. The van der Waals surface area contributed by atoms with Crippen LogP contribution in [0.5, 0.6) is 0 Å². The van der Waals surface area contributed by atoms with Gasteiger partial charge >= 0.3 is 6.03 Å². The zero-order valence-electron chi connectivity index (χ0n) is 16.1. The summed E-state index contributed by atoms with van der Waals surface area (Å²) >= 11 is 0. The molecule has 0 aliphatic rings. The van der Waals surface area contributed by atoms with Crippen molar-refractivity contribution in [2.24, 2.45) is 0 Å². The maximum Gasteiger partial charge on any atom is 0.318 e. The van der Waals surface area contributed by atoms with Crippen molar-refractivity contribution in [2.75, 3.05) is 17.7 Å². The first-order valence-corrected chi connectivity index (χ1v) is 9.14. The summed E-state index contributed by atoms with van der Waals surface area (Å²) in [6.07, 6.45) is 3.66. The average molecular weight is 387 g/mol. The van der Waals surface area contributed by atoms with Crippen LogP contribution in [-0.4, -0.2) is 33.5 Å². The molecule has 8 heteroatoms. The van der Waals surface area contributed by atoms with Crippen LogP contribution in [0.2, 0.25) is 0 Å². The number of urea groups is 1. The Balaban J connectivity index is 1.47. The van der Waals surface area contributed by atoms with Gasteiger partial charge in [0.05, 0.1) is 11.9 Å². The second-order valence-electron chi connectivity index (χ2n) is 6.59. The fraction of sp³-hybridized carbons (Fsp3) is 0.0952. The van der Waals surface area contributed by atoms with E-state index >= 15 is 0 Å². The zero-order chi connectivity index (χ0) is 20.2. The number of benzene rings is 2. The lowest BCUT2D eigenvalue weighted by molar-refractivity contribution is 0.254. The van der Waals surface area contributed by atoms with Crippen LogP contribution in [0.1, 0.15) is 5.56 Å². The smallest absolute Gasteiger partial charge is 0.318 e. The van der Waals surface area contributed by atoms with E-state index in [9.17, 15) is 4.79 Å². The molecule has 8 nitrogen and oxygen atoms in total. The van der Waals surface area contributed by atoms with Crippen molar-refractivity contribution in [3.8, 4) is 22.4 Å². The summed E-state index contributed by atoms with van der Waals surface area (Å²) in [7, 11) is 1.58. The van der Waals surface area contributed by atoms with Crippen molar-refractivity contribution in [2.45, 2.75) is 6.92 Å². The number of aromatic nitrogens is 4. The molecule has 146 valence electrons. The number of amides is 2. The van der Waals surface area contributed by atoms with Crippen LogP contribution in [0, 0.1) is 6.92 Å². The van der Waals surface area contributed by atoms with Crippen LogP contribution in [0.3, 0.4) is 0 Å². The van der Waals surface area contributed by atoms with Gasteiger partial charge < -0.3 is 16.0 Å². The van der Waals surface area contributed by atoms with E-state index in [0.717, 1.165) is 39.3 Å². The van der Waals surface area contributed by atoms with Gasteiger partial charge in [0.15, 0.2) is 5.82 Å². The summed E-state index contributed by atoms with van der Waals surface area (Å²) < 4.78 is 0. The van der Waals surface area contributed by atoms with Crippen LogP contribution in [0.25, 0.3) is 22.4 Å². The number of nitrogens with zero attached hydrogens (tertiary/aromatic N) is 2. The maximum atomic E-state index is 11.4. The van der Waals surface area contributed by atoms with Gasteiger partial charge in [0.2, 0.25) is 0 Å². The molecule has 0 radical (unpaired) electrons. The van der Waals surface area contributed by atoms with Gasteiger partial charge in [-0.1, -0.05) is 24.3 Å².